The van der Waals surface area contributed by atoms with Crippen molar-refractivity contribution in [1.82, 2.24) is 14.7 Å². The first kappa shape index (κ1) is 17.2. The van der Waals surface area contributed by atoms with Crippen molar-refractivity contribution in [2.24, 2.45) is 0 Å². The number of carbonyl (C=O) groups is 1. The monoisotopic (exact) mass is 333 g/mol. The van der Waals surface area contributed by atoms with Crippen molar-refractivity contribution >= 4 is 5.97 Å². The summed E-state index contributed by atoms with van der Waals surface area (Å²) in [5.41, 5.74) is 1.25. The van der Waals surface area contributed by atoms with Gasteiger partial charge in [0.25, 0.3) is 0 Å². The van der Waals surface area contributed by atoms with E-state index in [2.05, 4.69) is 21.7 Å². The molecular weight excluding hydrogens is 306 g/mol. The van der Waals surface area contributed by atoms with E-state index in [1.54, 1.807) is 0 Å². The SMILES string of the molecule is CN1CCN([C@@H]2CCN(Cc3ccc(OCC(=O)O)cc3)C2)CC1. The van der Waals surface area contributed by atoms with Crippen LogP contribution in [-0.4, -0.2) is 84.7 Å². The van der Waals surface area contributed by atoms with E-state index in [-0.39, 0.29) is 6.61 Å². The second kappa shape index (κ2) is 7.96. The lowest BCUT2D eigenvalue weighted by atomic mass is 10.2. The van der Waals surface area contributed by atoms with Crippen molar-refractivity contribution in [3.63, 3.8) is 0 Å². The molecule has 3 rings (SSSR count). The summed E-state index contributed by atoms with van der Waals surface area (Å²) in [6.45, 7) is 7.66. The number of piperazine rings is 1. The van der Waals surface area contributed by atoms with Gasteiger partial charge in [-0.1, -0.05) is 12.1 Å². The zero-order valence-corrected chi connectivity index (χ0v) is 14.4. The molecule has 0 saturated carbocycles. The molecule has 1 aromatic carbocycles. The molecule has 0 aliphatic carbocycles. The summed E-state index contributed by atoms with van der Waals surface area (Å²) in [6.07, 6.45) is 1.25. The lowest BCUT2D eigenvalue weighted by Gasteiger charge is -2.36. The quantitative estimate of drug-likeness (QED) is 0.837. The zero-order chi connectivity index (χ0) is 16.9. The maximum atomic E-state index is 10.5. The van der Waals surface area contributed by atoms with Crippen molar-refractivity contribution in [2.45, 2.75) is 19.0 Å². The maximum absolute atomic E-state index is 10.5. The van der Waals surface area contributed by atoms with Gasteiger partial charge in [0, 0.05) is 51.9 Å². The minimum absolute atomic E-state index is 0.293. The number of likely N-dealkylation sites (N-methyl/N-ethyl adjacent to an activating group) is 1. The Morgan fingerprint density at radius 3 is 2.54 bits per heavy atom. The molecule has 0 unspecified atom stereocenters. The van der Waals surface area contributed by atoms with E-state index in [4.69, 9.17) is 9.84 Å². The van der Waals surface area contributed by atoms with Crippen molar-refractivity contribution in [3.8, 4) is 5.75 Å². The van der Waals surface area contributed by atoms with E-state index in [1.807, 2.05) is 24.3 Å². The van der Waals surface area contributed by atoms with Crippen LogP contribution in [0.25, 0.3) is 0 Å². The van der Waals surface area contributed by atoms with Gasteiger partial charge in [-0.2, -0.15) is 0 Å². The third-order valence-electron chi connectivity index (χ3n) is 4.99. The molecular formula is C18H27N3O3. The molecule has 2 heterocycles. The van der Waals surface area contributed by atoms with Crippen molar-refractivity contribution in [1.29, 1.82) is 0 Å². The second-order valence-corrected chi connectivity index (χ2v) is 6.84. The number of hydrogen-bond acceptors (Lipinski definition) is 5. The first-order valence-electron chi connectivity index (χ1n) is 8.68. The average molecular weight is 333 g/mol. The van der Waals surface area contributed by atoms with Gasteiger partial charge in [0.1, 0.15) is 5.75 Å². The van der Waals surface area contributed by atoms with E-state index in [0.29, 0.717) is 11.8 Å². The lowest BCUT2D eigenvalue weighted by Crippen LogP contribution is -2.49. The number of carboxylic acid groups (broad SMARTS) is 1. The molecule has 0 amide bonds. The number of benzene rings is 1. The molecule has 6 nitrogen and oxygen atoms in total. The Kier molecular flexibility index (Phi) is 5.71. The highest BCUT2D eigenvalue weighted by molar-refractivity contribution is 5.68. The molecule has 132 valence electrons. The third kappa shape index (κ3) is 4.69. The first-order valence-corrected chi connectivity index (χ1v) is 8.68. The summed E-state index contributed by atoms with van der Waals surface area (Å²) in [4.78, 5) is 18.1. The Hall–Kier alpha value is -1.63. The summed E-state index contributed by atoms with van der Waals surface area (Å²) in [6, 6.07) is 8.45. The molecule has 0 radical (unpaired) electrons. The van der Waals surface area contributed by atoms with E-state index >= 15 is 0 Å². The molecule has 0 bridgehead atoms. The molecule has 0 spiro atoms. The Morgan fingerprint density at radius 1 is 1.17 bits per heavy atom. The van der Waals surface area contributed by atoms with E-state index < -0.39 is 5.97 Å². The average Bonchev–Trinajstić information content (AvgIpc) is 3.03. The summed E-state index contributed by atoms with van der Waals surface area (Å²) in [5, 5.41) is 8.63. The minimum Gasteiger partial charge on any atom is -0.482 e. The molecule has 2 aliphatic heterocycles. The molecule has 2 aliphatic rings. The molecule has 2 fully saturated rings. The van der Waals surface area contributed by atoms with E-state index in [9.17, 15) is 4.79 Å². The molecule has 1 aromatic rings. The smallest absolute Gasteiger partial charge is 0.341 e. The highest BCUT2D eigenvalue weighted by atomic mass is 16.5. The fraction of sp³-hybridized carbons (Fsp3) is 0.611. The van der Waals surface area contributed by atoms with Crippen LogP contribution in [0.1, 0.15) is 12.0 Å². The summed E-state index contributed by atoms with van der Waals surface area (Å²) < 4.78 is 5.17. The summed E-state index contributed by atoms with van der Waals surface area (Å²) in [7, 11) is 2.20. The standard InChI is InChI=1S/C18H27N3O3/c1-19-8-10-21(11-9-19)16-6-7-20(13-16)12-15-2-4-17(5-3-15)24-14-18(22)23/h2-5,16H,6-14H2,1H3,(H,22,23)/t16-/m1/s1. The fourth-order valence-electron chi connectivity index (χ4n) is 3.54. The van der Waals surface area contributed by atoms with Crippen molar-refractivity contribution in [2.75, 3.05) is 52.9 Å². The van der Waals surface area contributed by atoms with E-state index in [1.165, 1.54) is 38.2 Å². The molecule has 0 aromatic heterocycles. The Labute approximate surface area is 143 Å². The predicted octanol–water partition coefficient (Wildman–Crippen LogP) is 0.972. The molecule has 1 N–H and O–H groups in total. The van der Waals surface area contributed by atoms with Crippen LogP contribution >= 0.6 is 0 Å². The molecule has 1 atom stereocenters. The topological polar surface area (TPSA) is 56.2 Å². The van der Waals surface area contributed by atoms with Crippen LogP contribution in [-0.2, 0) is 11.3 Å². The zero-order valence-electron chi connectivity index (χ0n) is 14.4. The second-order valence-electron chi connectivity index (χ2n) is 6.84. The summed E-state index contributed by atoms with van der Waals surface area (Å²) in [5.74, 6) is -0.344. The van der Waals surface area contributed by atoms with Gasteiger partial charge in [-0.3, -0.25) is 9.80 Å². The van der Waals surface area contributed by atoms with Gasteiger partial charge in [0.15, 0.2) is 6.61 Å². The van der Waals surface area contributed by atoms with Crippen LogP contribution < -0.4 is 4.74 Å². The van der Waals surface area contributed by atoms with Crippen LogP contribution in [0.3, 0.4) is 0 Å². The highest BCUT2D eigenvalue weighted by Crippen LogP contribution is 2.20. The number of likely N-dealkylation sites (tertiary alicyclic amines) is 1. The number of carboxylic acids is 1. The van der Waals surface area contributed by atoms with Crippen LogP contribution in [0.4, 0.5) is 0 Å². The van der Waals surface area contributed by atoms with Crippen molar-refractivity contribution < 1.29 is 14.6 Å². The Bertz CT molecular complexity index is 541. The highest BCUT2D eigenvalue weighted by Gasteiger charge is 2.29. The van der Waals surface area contributed by atoms with Crippen LogP contribution in [0.15, 0.2) is 24.3 Å². The largest absolute Gasteiger partial charge is 0.482 e. The minimum atomic E-state index is -0.953. The fourth-order valence-corrected chi connectivity index (χ4v) is 3.54. The third-order valence-corrected chi connectivity index (χ3v) is 4.99. The first-order chi connectivity index (χ1) is 11.6. The van der Waals surface area contributed by atoms with Gasteiger partial charge in [0.05, 0.1) is 0 Å². The van der Waals surface area contributed by atoms with Gasteiger partial charge >= 0.3 is 5.97 Å². The van der Waals surface area contributed by atoms with Crippen molar-refractivity contribution in [3.05, 3.63) is 29.8 Å². The van der Waals surface area contributed by atoms with Crippen LogP contribution in [0.5, 0.6) is 5.75 Å². The number of nitrogens with zero attached hydrogens (tertiary/aromatic N) is 3. The Balaban J connectivity index is 1.46. The van der Waals surface area contributed by atoms with Crippen LogP contribution in [0, 0.1) is 0 Å². The van der Waals surface area contributed by atoms with E-state index in [0.717, 1.165) is 19.6 Å². The number of ether oxygens (including phenoxy) is 1. The predicted molar refractivity (Wildman–Crippen MR) is 92.3 cm³/mol. The normalized spacial score (nSPS) is 23.5. The van der Waals surface area contributed by atoms with Gasteiger partial charge < -0.3 is 14.7 Å². The maximum Gasteiger partial charge on any atom is 0.341 e. The van der Waals surface area contributed by atoms with Gasteiger partial charge in [-0.25, -0.2) is 4.79 Å². The molecule has 24 heavy (non-hydrogen) atoms. The number of rotatable bonds is 6. The van der Waals surface area contributed by atoms with Crippen LogP contribution in [0.2, 0.25) is 0 Å². The van der Waals surface area contributed by atoms with Gasteiger partial charge in [0.2, 0.25) is 0 Å². The number of hydrogen-bond donors (Lipinski definition) is 1. The number of aliphatic carboxylic acids is 1. The molecule has 6 heteroatoms. The summed E-state index contributed by atoms with van der Waals surface area (Å²) >= 11 is 0. The Morgan fingerprint density at radius 2 is 1.88 bits per heavy atom. The lowest BCUT2D eigenvalue weighted by molar-refractivity contribution is -0.139. The molecule has 2 saturated heterocycles. The van der Waals surface area contributed by atoms with Gasteiger partial charge in [-0.05, 0) is 31.2 Å². The van der Waals surface area contributed by atoms with Gasteiger partial charge in [-0.15, -0.1) is 0 Å².